The van der Waals surface area contributed by atoms with Crippen molar-refractivity contribution in [3.63, 3.8) is 0 Å². The monoisotopic (exact) mass is 345 g/mol. The molecule has 2 unspecified atom stereocenters. The standard InChI is InChI=1S/C19H20ClNO3/c1-3-24-19(23)16-11(2)21-14-9-6-10-15(22)18(14)17(16)12-7-4-5-8-13(12)20/h4-5,7-9,17-18,21H,3,6,10H2,1-2H3. The first-order chi connectivity index (χ1) is 11.5. The van der Waals surface area contributed by atoms with Gasteiger partial charge in [0.15, 0.2) is 0 Å². The number of hydrogen-bond donors (Lipinski definition) is 1. The molecule has 3 rings (SSSR count). The smallest absolute Gasteiger partial charge is 0.336 e. The van der Waals surface area contributed by atoms with Crippen LogP contribution in [0.5, 0.6) is 0 Å². The minimum Gasteiger partial charge on any atom is -0.463 e. The number of rotatable bonds is 3. The van der Waals surface area contributed by atoms with Crippen LogP contribution in [0.15, 0.2) is 47.3 Å². The number of ether oxygens (including phenoxy) is 1. The number of fused-ring (bicyclic) bond motifs is 1. The molecular formula is C19H20ClNO3. The maximum Gasteiger partial charge on any atom is 0.336 e. The van der Waals surface area contributed by atoms with Gasteiger partial charge in [-0.05, 0) is 31.9 Å². The van der Waals surface area contributed by atoms with Gasteiger partial charge in [-0.15, -0.1) is 0 Å². The number of hydrogen-bond acceptors (Lipinski definition) is 4. The van der Waals surface area contributed by atoms with Crippen molar-refractivity contribution in [1.29, 1.82) is 0 Å². The molecule has 0 spiro atoms. The molecule has 1 aliphatic heterocycles. The highest BCUT2D eigenvalue weighted by Crippen LogP contribution is 2.45. The van der Waals surface area contributed by atoms with Crippen molar-refractivity contribution < 1.29 is 14.3 Å². The van der Waals surface area contributed by atoms with Crippen molar-refractivity contribution >= 4 is 23.4 Å². The molecule has 0 radical (unpaired) electrons. The van der Waals surface area contributed by atoms with Gasteiger partial charge in [0.1, 0.15) is 5.78 Å². The zero-order valence-electron chi connectivity index (χ0n) is 13.8. The van der Waals surface area contributed by atoms with Crippen LogP contribution in [0.25, 0.3) is 0 Å². The number of nitrogens with one attached hydrogen (secondary N) is 1. The van der Waals surface area contributed by atoms with E-state index in [4.69, 9.17) is 16.3 Å². The number of carbonyl (C=O) groups is 2. The van der Waals surface area contributed by atoms with Crippen LogP contribution < -0.4 is 5.32 Å². The molecule has 0 aromatic heterocycles. The Morgan fingerprint density at radius 2 is 2.08 bits per heavy atom. The van der Waals surface area contributed by atoms with Crippen LogP contribution in [-0.2, 0) is 14.3 Å². The second-order valence-corrected chi connectivity index (χ2v) is 6.43. The van der Waals surface area contributed by atoms with Crippen LogP contribution in [0.1, 0.15) is 38.2 Å². The fourth-order valence-electron chi connectivity index (χ4n) is 3.56. The summed E-state index contributed by atoms with van der Waals surface area (Å²) < 4.78 is 5.25. The summed E-state index contributed by atoms with van der Waals surface area (Å²) in [5, 5.41) is 3.79. The van der Waals surface area contributed by atoms with Gasteiger partial charge in [-0.2, -0.15) is 0 Å². The number of Topliss-reactive ketones (excluding diaryl/α,β-unsaturated/α-hetero) is 1. The summed E-state index contributed by atoms with van der Waals surface area (Å²) in [6.45, 7) is 3.89. The molecule has 0 fully saturated rings. The second kappa shape index (κ2) is 6.81. The maximum atomic E-state index is 12.7. The van der Waals surface area contributed by atoms with Gasteiger partial charge in [0.25, 0.3) is 0 Å². The van der Waals surface area contributed by atoms with Crippen molar-refractivity contribution in [1.82, 2.24) is 5.32 Å². The quantitative estimate of drug-likeness (QED) is 0.848. The Kier molecular flexibility index (Phi) is 4.76. The molecule has 24 heavy (non-hydrogen) atoms. The van der Waals surface area contributed by atoms with Crippen molar-refractivity contribution in [2.45, 2.75) is 32.6 Å². The predicted octanol–water partition coefficient (Wildman–Crippen LogP) is 3.73. The first-order valence-electron chi connectivity index (χ1n) is 8.16. The third kappa shape index (κ3) is 2.86. The van der Waals surface area contributed by atoms with Gasteiger partial charge in [0, 0.05) is 28.8 Å². The zero-order chi connectivity index (χ0) is 17.3. The van der Waals surface area contributed by atoms with Crippen LogP contribution in [0.3, 0.4) is 0 Å². The average Bonchev–Trinajstić information content (AvgIpc) is 2.54. The molecule has 0 saturated carbocycles. The number of ketones is 1. The summed E-state index contributed by atoms with van der Waals surface area (Å²) in [4.78, 5) is 25.2. The molecule has 2 atom stereocenters. The first-order valence-corrected chi connectivity index (χ1v) is 8.54. The normalized spacial score (nSPS) is 23.3. The number of esters is 1. The molecule has 1 heterocycles. The molecule has 0 amide bonds. The molecule has 1 aromatic carbocycles. The van der Waals surface area contributed by atoms with Gasteiger partial charge in [-0.1, -0.05) is 35.9 Å². The third-order valence-corrected chi connectivity index (χ3v) is 4.90. The average molecular weight is 346 g/mol. The maximum absolute atomic E-state index is 12.7. The third-order valence-electron chi connectivity index (χ3n) is 4.55. The van der Waals surface area contributed by atoms with E-state index in [0.717, 1.165) is 23.4 Å². The van der Waals surface area contributed by atoms with E-state index in [2.05, 4.69) is 5.32 Å². The van der Waals surface area contributed by atoms with Crippen molar-refractivity contribution in [3.8, 4) is 0 Å². The van der Waals surface area contributed by atoms with Gasteiger partial charge in [0.05, 0.1) is 18.1 Å². The SMILES string of the molecule is CCOC(=O)C1=C(C)NC2=CCCC(=O)C2C1c1ccccc1Cl. The van der Waals surface area contributed by atoms with Crippen LogP contribution in [0, 0.1) is 5.92 Å². The van der Waals surface area contributed by atoms with Gasteiger partial charge >= 0.3 is 5.97 Å². The minimum absolute atomic E-state index is 0.124. The van der Waals surface area contributed by atoms with E-state index >= 15 is 0 Å². The molecule has 1 aliphatic carbocycles. The van der Waals surface area contributed by atoms with E-state index in [1.54, 1.807) is 13.0 Å². The van der Waals surface area contributed by atoms with E-state index in [-0.39, 0.29) is 12.4 Å². The van der Waals surface area contributed by atoms with Crippen molar-refractivity contribution in [2.24, 2.45) is 5.92 Å². The van der Waals surface area contributed by atoms with E-state index in [0.29, 0.717) is 17.0 Å². The highest BCUT2D eigenvalue weighted by Gasteiger charge is 2.43. The summed E-state index contributed by atoms with van der Waals surface area (Å²) in [5.41, 5.74) is 2.86. The Hall–Kier alpha value is -2.07. The predicted molar refractivity (Wildman–Crippen MR) is 92.5 cm³/mol. The lowest BCUT2D eigenvalue weighted by Crippen LogP contribution is -2.40. The molecule has 126 valence electrons. The lowest BCUT2D eigenvalue weighted by molar-refractivity contribution is -0.139. The highest BCUT2D eigenvalue weighted by atomic mass is 35.5. The number of benzene rings is 1. The summed E-state index contributed by atoms with van der Waals surface area (Å²) >= 11 is 6.41. The molecule has 1 aromatic rings. The summed E-state index contributed by atoms with van der Waals surface area (Å²) in [6.07, 6.45) is 3.24. The molecule has 0 saturated heterocycles. The molecule has 5 heteroatoms. The van der Waals surface area contributed by atoms with Crippen LogP contribution >= 0.6 is 11.6 Å². The van der Waals surface area contributed by atoms with Crippen LogP contribution in [0.4, 0.5) is 0 Å². The number of halogens is 1. The Bertz CT molecular complexity index is 751. The van der Waals surface area contributed by atoms with Gasteiger partial charge in [-0.3, -0.25) is 4.79 Å². The van der Waals surface area contributed by atoms with Gasteiger partial charge in [0.2, 0.25) is 0 Å². The Balaban J connectivity index is 2.19. The Labute approximate surface area is 146 Å². The fraction of sp³-hybridized carbons (Fsp3) is 0.368. The molecule has 0 bridgehead atoms. The van der Waals surface area contributed by atoms with Crippen molar-refractivity contribution in [2.75, 3.05) is 6.61 Å². The largest absolute Gasteiger partial charge is 0.463 e. The Morgan fingerprint density at radius 3 is 2.79 bits per heavy atom. The van der Waals surface area contributed by atoms with Crippen molar-refractivity contribution in [3.05, 3.63) is 57.9 Å². The Morgan fingerprint density at radius 1 is 1.33 bits per heavy atom. The zero-order valence-corrected chi connectivity index (χ0v) is 14.5. The van der Waals surface area contributed by atoms with E-state index < -0.39 is 17.8 Å². The summed E-state index contributed by atoms with van der Waals surface area (Å²) in [5.74, 6) is -1.11. The van der Waals surface area contributed by atoms with Gasteiger partial charge in [-0.25, -0.2) is 4.79 Å². The lowest BCUT2D eigenvalue weighted by Gasteiger charge is -2.38. The van der Waals surface area contributed by atoms with E-state index in [1.165, 1.54) is 0 Å². The minimum atomic E-state index is -0.418. The fourth-order valence-corrected chi connectivity index (χ4v) is 3.81. The second-order valence-electron chi connectivity index (χ2n) is 6.03. The molecule has 4 nitrogen and oxygen atoms in total. The van der Waals surface area contributed by atoms with Gasteiger partial charge < -0.3 is 10.1 Å². The number of allylic oxidation sites excluding steroid dienone is 3. The summed E-state index contributed by atoms with van der Waals surface area (Å²) in [6, 6.07) is 7.38. The topological polar surface area (TPSA) is 55.4 Å². The molecule has 1 N–H and O–H groups in total. The van der Waals surface area contributed by atoms with Crippen LogP contribution in [0.2, 0.25) is 5.02 Å². The van der Waals surface area contributed by atoms with Crippen LogP contribution in [-0.4, -0.2) is 18.4 Å². The molecular weight excluding hydrogens is 326 g/mol. The molecule has 2 aliphatic rings. The van der Waals surface area contributed by atoms with E-state index in [9.17, 15) is 9.59 Å². The highest BCUT2D eigenvalue weighted by molar-refractivity contribution is 6.31. The first kappa shape index (κ1) is 16.8. The number of carbonyl (C=O) groups excluding carboxylic acids is 2. The summed E-state index contributed by atoms with van der Waals surface area (Å²) in [7, 11) is 0. The van der Waals surface area contributed by atoms with E-state index in [1.807, 2.05) is 31.2 Å². The lowest BCUT2D eigenvalue weighted by atomic mass is 9.71.